The van der Waals surface area contributed by atoms with E-state index in [1.165, 1.54) is 24.3 Å². The Kier molecular flexibility index (Phi) is 7.38. The number of aryl methyl sites for hydroxylation is 1. The lowest BCUT2D eigenvalue weighted by atomic mass is 9.82. The standard InChI is InChI=1S/C24H24N2O6/c1-15-6-10-17(11-7-15)25-21(27)14-32-24(31)16-8-12-18(13-9-16)26-22(28)19-4-2-3-5-20(19)23(29)30/h2-3,6-13,19-20H,4-5,14H2,1H3,(H,25,27)(H,26,28)(H,29,30). The molecule has 2 aromatic carbocycles. The molecule has 0 radical (unpaired) electrons. The zero-order chi connectivity index (χ0) is 23.1. The molecule has 0 saturated heterocycles. The van der Waals surface area contributed by atoms with Gasteiger partial charge in [-0.3, -0.25) is 14.4 Å². The van der Waals surface area contributed by atoms with E-state index in [-0.39, 0.29) is 11.5 Å². The number of amides is 2. The van der Waals surface area contributed by atoms with Crippen molar-refractivity contribution in [3.05, 3.63) is 71.8 Å². The van der Waals surface area contributed by atoms with Crippen molar-refractivity contribution >= 4 is 35.1 Å². The van der Waals surface area contributed by atoms with Crippen LogP contribution in [0, 0.1) is 18.8 Å². The van der Waals surface area contributed by atoms with Gasteiger partial charge in [-0.05, 0) is 56.2 Å². The molecule has 0 bridgehead atoms. The smallest absolute Gasteiger partial charge is 0.338 e. The van der Waals surface area contributed by atoms with E-state index in [0.717, 1.165) is 5.56 Å². The largest absolute Gasteiger partial charge is 0.481 e. The van der Waals surface area contributed by atoms with Gasteiger partial charge in [0.25, 0.3) is 5.91 Å². The fourth-order valence-electron chi connectivity index (χ4n) is 3.35. The number of aliphatic carboxylic acids is 1. The fraction of sp³-hybridized carbons (Fsp3) is 0.250. The minimum absolute atomic E-state index is 0.218. The molecule has 32 heavy (non-hydrogen) atoms. The van der Waals surface area contributed by atoms with Crippen molar-refractivity contribution in [2.75, 3.05) is 17.2 Å². The van der Waals surface area contributed by atoms with E-state index in [4.69, 9.17) is 4.74 Å². The van der Waals surface area contributed by atoms with Gasteiger partial charge in [0.15, 0.2) is 6.61 Å². The molecule has 0 saturated carbocycles. The van der Waals surface area contributed by atoms with Crippen molar-refractivity contribution in [1.29, 1.82) is 0 Å². The lowest BCUT2D eigenvalue weighted by molar-refractivity contribution is -0.146. The molecule has 1 aliphatic carbocycles. The van der Waals surface area contributed by atoms with E-state index in [2.05, 4.69) is 10.6 Å². The highest BCUT2D eigenvalue weighted by atomic mass is 16.5. The average molecular weight is 436 g/mol. The summed E-state index contributed by atoms with van der Waals surface area (Å²) < 4.78 is 5.03. The number of hydrogen-bond donors (Lipinski definition) is 3. The lowest BCUT2D eigenvalue weighted by Crippen LogP contribution is -2.34. The lowest BCUT2D eigenvalue weighted by Gasteiger charge is -2.24. The van der Waals surface area contributed by atoms with E-state index in [1.54, 1.807) is 24.3 Å². The van der Waals surface area contributed by atoms with Gasteiger partial charge in [0.1, 0.15) is 0 Å². The Labute approximate surface area is 185 Å². The number of carbonyl (C=O) groups excluding carboxylic acids is 3. The van der Waals surface area contributed by atoms with E-state index in [9.17, 15) is 24.3 Å². The van der Waals surface area contributed by atoms with Crippen LogP contribution in [0.25, 0.3) is 0 Å². The first-order valence-corrected chi connectivity index (χ1v) is 10.2. The van der Waals surface area contributed by atoms with Crippen LogP contribution in [0.4, 0.5) is 11.4 Å². The molecule has 3 N–H and O–H groups in total. The second-order valence-corrected chi connectivity index (χ2v) is 7.55. The van der Waals surface area contributed by atoms with Crippen LogP contribution in [-0.2, 0) is 19.1 Å². The number of carboxylic acids is 1. The fourth-order valence-corrected chi connectivity index (χ4v) is 3.35. The predicted molar refractivity (Wildman–Crippen MR) is 118 cm³/mol. The molecule has 0 aliphatic heterocycles. The van der Waals surface area contributed by atoms with Gasteiger partial charge >= 0.3 is 11.9 Å². The van der Waals surface area contributed by atoms with Crippen molar-refractivity contribution < 1.29 is 29.0 Å². The number of ether oxygens (including phenoxy) is 1. The molecule has 2 amide bonds. The molecule has 0 spiro atoms. The summed E-state index contributed by atoms with van der Waals surface area (Å²) in [5.41, 5.74) is 2.32. The van der Waals surface area contributed by atoms with E-state index >= 15 is 0 Å². The van der Waals surface area contributed by atoms with Gasteiger partial charge in [-0.15, -0.1) is 0 Å². The normalized spacial score (nSPS) is 17.3. The first-order chi connectivity index (χ1) is 15.3. The van der Waals surface area contributed by atoms with Gasteiger partial charge in [0.2, 0.25) is 5.91 Å². The number of hydrogen-bond acceptors (Lipinski definition) is 5. The maximum Gasteiger partial charge on any atom is 0.338 e. The Morgan fingerprint density at radius 1 is 0.875 bits per heavy atom. The zero-order valence-electron chi connectivity index (χ0n) is 17.5. The van der Waals surface area contributed by atoms with E-state index < -0.39 is 36.3 Å². The molecule has 166 valence electrons. The molecular weight excluding hydrogens is 412 g/mol. The SMILES string of the molecule is Cc1ccc(NC(=O)COC(=O)c2ccc(NC(=O)C3CC=CCC3C(=O)O)cc2)cc1. The van der Waals surface area contributed by atoms with Crippen molar-refractivity contribution in [3.63, 3.8) is 0 Å². The van der Waals surface area contributed by atoms with E-state index in [1.807, 2.05) is 19.1 Å². The first kappa shape index (κ1) is 22.7. The highest BCUT2D eigenvalue weighted by Gasteiger charge is 2.33. The molecule has 8 heteroatoms. The highest BCUT2D eigenvalue weighted by Crippen LogP contribution is 2.27. The van der Waals surface area contributed by atoms with Crippen LogP contribution in [0.15, 0.2) is 60.7 Å². The molecule has 2 aromatic rings. The number of anilines is 2. The summed E-state index contributed by atoms with van der Waals surface area (Å²) in [5.74, 6) is -3.94. The Balaban J connectivity index is 1.51. The van der Waals surface area contributed by atoms with Crippen molar-refractivity contribution in [2.24, 2.45) is 11.8 Å². The summed E-state index contributed by atoms with van der Waals surface area (Å²) in [6.45, 7) is 1.50. The van der Waals surface area contributed by atoms with Gasteiger partial charge in [-0.1, -0.05) is 29.8 Å². The topological polar surface area (TPSA) is 122 Å². The number of esters is 1. The van der Waals surface area contributed by atoms with Gasteiger partial charge in [0, 0.05) is 11.4 Å². The van der Waals surface area contributed by atoms with Crippen molar-refractivity contribution in [1.82, 2.24) is 0 Å². The van der Waals surface area contributed by atoms with Gasteiger partial charge in [0.05, 0.1) is 17.4 Å². The molecule has 3 rings (SSSR count). The number of benzene rings is 2. The summed E-state index contributed by atoms with van der Waals surface area (Å²) >= 11 is 0. The molecule has 8 nitrogen and oxygen atoms in total. The number of carboxylic acid groups (broad SMARTS) is 1. The quantitative estimate of drug-likeness (QED) is 0.452. The van der Waals surface area contributed by atoms with Crippen LogP contribution in [0.5, 0.6) is 0 Å². The maximum absolute atomic E-state index is 12.5. The molecule has 0 aromatic heterocycles. The number of rotatable bonds is 7. The van der Waals surface area contributed by atoms with Gasteiger partial charge in [-0.25, -0.2) is 4.79 Å². The summed E-state index contributed by atoms with van der Waals surface area (Å²) in [4.78, 5) is 48.0. The third kappa shape index (κ3) is 6.04. The average Bonchev–Trinajstić information content (AvgIpc) is 2.79. The van der Waals surface area contributed by atoms with Crippen LogP contribution < -0.4 is 10.6 Å². The second-order valence-electron chi connectivity index (χ2n) is 7.55. The molecule has 2 unspecified atom stereocenters. The highest BCUT2D eigenvalue weighted by molar-refractivity contribution is 5.97. The maximum atomic E-state index is 12.5. The third-order valence-electron chi connectivity index (χ3n) is 5.14. The van der Waals surface area contributed by atoms with Crippen molar-refractivity contribution in [3.8, 4) is 0 Å². The molecule has 0 fully saturated rings. The molecule has 0 heterocycles. The minimum Gasteiger partial charge on any atom is -0.481 e. The van der Waals surface area contributed by atoms with Gasteiger partial charge < -0.3 is 20.5 Å². The Morgan fingerprint density at radius 2 is 1.44 bits per heavy atom. The summed E-state index contributed by atoms with van der Waals surface area (Å²) in [6, 6.07) is 13.2. The first-order valence-electron chi connectivity index (χ1n) is 10.2. The number of allylic oxidation sites excluding steroid dienone is 2. The van der Waals surface area contributed by atoms with Crippen LogP contribution in [0.3, 0.4) is 0 Å². The zero-order valence-corrected chi connectivity index (χ0v) is 17.5. The Morgan fingerprint density at radius 3 is 2.06 bits per heavy atom. The summed E-state index contributed by atoms with van der Waals surface area (Å²) in [7, 11) is 0. The number of carbonyl (C=O) groups is 4. The Bertz CT molecular complexity index is 1030. The van der Waals surface area contributed by atoms with Crippen LogP contribution >= 0.6 is 0 Å². The summed E-state index contributed by atoms with van der Waals surface area (Å²) in [5, 5.41) is 14.6. The predicted octanol–water partition coefficient (Wildman–Crippen LogP) is 3.40. The van der Waals surface area contributed by atoms with Crippen molar-refractivity contribution in [2.45, 2.75) is 19.8 Å². The molecule has 2 atom stereocenters. The monoisotopic (exact) mass is 436 g/mol. The summed E-state index contributed by atoms with van der Waals surface area (Å²) in [6.07, 6.45) is 4.25. The Hall–Kier alpha value is -3.94. The van der Waals surface area contributed by atoms with Crippen LogP contribution in [0.1, 0.15) is 28.8 Å². The van der Waals surface area contributed by atoms with E-state index in [0.29, 0.717) is 24.2 Å². The molecule has 1 aliphatic rings. The van der Waals surface area contributed by atoms with Gasteiger partial charge in [-0.2, -0.15) is 0 Å². The van der Waals surface area contributed by atoms with Crippen LogP contribution in [0.2, 0.25) is 0 Å². The minimum atomic E-state index is -1.00. The molecular formula is C24H24N2O6. The number of nitrogens with one attached hydrogen (secondary N) is 2. The second kappa shape index (κ2) is 10.4. The van der Waals surface area contributed by atoms with Crippen LogP contribution in [-0.4, -0.2) is 35.5 Å². The third-order valence-corrected chi connectivity index (χ3v) is 5.14.